The van der Waals surface area contributed by atoms with Crippen LogP contribution in [-0.2, 0) is 0 Å². The number of H-pyrrole nitrogens is 1. The van der Waals surface area contributed by atoms with Crippen LogP contribution in [0.3, 0.4) is 0 Å². The van der Waals surface area contributed by atoms with Crippen LogP contribution in [0.15, 0.2) is 59.7 Å². The van der Waals surface area contributed by atoms with Crippen LogP contribution in [0.2, 0.25) is 0 Å². The molecule has 0 aliphatic heterocycles. The normalized spacial score (nSPS) is 14.6. The molecule has 0 unspecified atom stereocenters. The minimum absolute atomic E-state index is 0.00825. The van der Waals surface area contributed by atoms with Gasteiger partial charge in [-0.2, -0.15) is 0 Å². The number of carbonyl (C=O) groups excluding carboxylic acids is 1. The van der Waals surface area contributed by atoms with Gasteiger partial charge in [-0.1, -0.05) is 36.4 Å². The van der Waals surface area contributed by atoms with E-state index in [1.54, 1.807) is 6.20 Å². The molecule has 1 aliphatic carbocycles. The lowest BCUT2D eigenvalue weighted by molar-refractivity contribution is 0.0928. The van der Waals surface area contributed by atoms with Crippen molar-refractivity contribution in [1.82, 2.24) is 20.3 Å². The Hall–Kier alpha value is -3.28. The van der Waals surface area contributed by atoms with Gasteiger partial charge in [-0.15, -0.1) is 0 Å². The highest BCUT2D eigenvalue weighted by atomic mass is 16.2. The molecule has 3 aromatic rings. The Bertz CT molecular complexity index is 1030. The molecule has 2 N–H and O–H groups in total. The molecule has 0 saturated heterocycles. The van der Waals surface area contributed by atoms with Crippen LogP contribution in [0.1, 0.15) is 40.5 Å². The van der Waals surface area contributed by atoms with Gasteiger partial charge in [0.15, 0.2) is 0 Å². The molecule has 0 spiro atoms. The maximum Gasteiger partial charge on any atom is 0.264 e. The summed E-state index contributed by atoms with van der Waals surface area (Å²) in [6.45, 7) is 1.98. The summed E-state index contributed by atoms with van der Waals surface area (Å²) in [5.41, 5.74) is 2.24. The minimum Gasteiger partial charge on any atom is -0.343 e. The summed E-state index contributed by atoms with van der Waals surface area (Å²) < 4.78 is 0. The summed E-state index contributed by atoms with van der Waals surface area (Å²) >= 11 is 0. The smallest absolute Gasteiger partial charge is 0.264 e. The van der Waals surface area contributed by atoms with Gasteiger partial charge in [0.1, 0.15) is 11.4 Å². The monoisotopic (exact) mass is 360 g/mol. The molecule has 6 heteroatoms. The van der Waals surface area contributed by atoms with Gasteiger partial charge in [-0.25, -0.2) is 4.98 Å². The third-order valence-corrected chi connectivity index (χ3v) is 4.82. The summed E-state index contributed by atoms with van der Waals surface area (Å²) in [7, 11) is 0. The first-order valence-electron chi connectivity index (χ1n) is 9.00. The van der Waals surface area contributed by atoms with E-state index in [4.69, 9.17) is 0 Å². The number of benzene rings is 1. The highest BCUT2D eigenvalue weighted by molar-refractivity contribution is 5.94. The number of hydrogen-bond acceptors (Lipinski definition) is 4. The van der Waals surface area contributed by atoms with Crippen molar-refractivity contribution in [3.05, 3.63) is 82.0 Å². The van der Waals surface area contributed by atoms with Gasteiger partial charge in [0.2, 0.25) is 0 Å². The van der Waals surface area contributed by atoms with Crippen molar-refractivity contribution in [1.29, 1.82) is 0 Å². The van der Waals surface area contributed by atoms with Crippen LogP contribution in [0.25, 0.3) is 11.4 Å². The zero-order chi connectivity index (χ0) is 18.8. The van der Waals surface area contributed by atoms with Crippen LogP contribution < -0.4 is 10.9 Å². The molecular weight excluding hydrogens is 340 g/mol. The number of aromatic nitrogens is 3. The Morgan fingerprint density at radius 1 is 1.15 bits per heavy atom. The van der Waals surface area contributed by atoms with E-state index in [0.717, 1.165) is 29.7 Å². The second-order valence-corrected chi connectivity index (χ2v) is 6.83. The first-order valence-corrected chi connectivity index (χ1v) is 9.00. The zero-order valence-corrected chi connectivity index (χ0v) is 15.0. The van der Waals surface area contributed by atoms with Crippen molar-refractivity contribution in [2.75, 3.05) is 0 Å². The number of rotatable bonds is 5. The van der Waals surface area contributed by atoms with Gasteiger partial charge in [0, 0.05) is 18.0 Å². The number of carbonyl (C=O) groups is 1. The van der Waals surface area contributed by atoms with Crippen LogP contribution in [-0.4, -0.2) is 20.9 Å². The molecule has 27 heavy (non-hydrogen) atoms. The van der Waals surface area contributed by atoms with E-state index in [9.17, 15) is 9.59 Å². The first kappa shape index (κ1) is 17.1. The molecule has 136 valence electrons. The van der Waals surface area contributed by atoms with Gasteiger partial charge < -0.3 is 10.3 Å². The predicted octanol–water partition coefficient (Wildman–Crippen LogP) is 3.02. The molecule has 1 amide bonds. The molecule has 2 aromatic heterocycles. The van der Waals surface area contributed by atoms with Crippen molar-refractivity contribution in [2.45, 2.75) is 25.8 Å². The van der Waals surface area contributed by atoms with Gasteiger partial charge in [0.05, 0.1) is 11.7 Å². The molecule has 1 aliphatic rings. The highest BCUT2D eigenvalue weighted by Crippen LogP contribution is 2.41. The van der Waals surface area contributed by atoms with E-state index < -0.39 is 11.5 Å². The fourth-order valence-electron chi connectivity index (χ4n) is 3.18. The van der Waals surface area contributed by atoms with Crippen LogP contribution in [0.5, 0.6) is 0 Å². The van der Waals surface area contributed by atoms with Crippen molar-refractivity contribution >= 4 is 5.91 Å². The Morgan fingerprint density at radius 3 is 2.59 bits per heavy atom. The number of hydrogen-bond donors (Lipinski definition) is 2. The second-order valence-electron chi connectivity index (χ2n) is 6.83. The van der Waals surface area contributed by atoms with E-state index >= 15 is 0 Å². The topological polar surface area (TPSA) is 87.7 Å². The van der Waals surface area contributed by atoms with Crippen molar-refractivity contribution < 1.29 is 4.79 Å². The lowest BCUT2D eigenvalue weighted by Crippen LogP contribution is -2.34. The largest absolute Gasteiger partial charge is 0.343 e. The summed E-state index contributed by atoms with van der Waals surface area (Å²) in [6.07, 6.45) is 5.16. The van der Waals surface area contributed by atoms with Gasteiger partial charge in [-0.05, 0) is 37.3 Å². The maximum absolute atomic E-state index is 12.7. The number of pyridine rings is 1. The fraction of sp³-hybridized carbons (Fsp3) is 0.238. The van der Waals surface area contributed by atoms with E-state index in [1.807, 2.05) is 49.4 Å². The van der Waals surface area contributed by atoms with Crippen molar-refractivity contribution in [3.63, 3.8) is 0 Å². The lowest BCUT2D eigenvalue weighted by atomic mass is 10.0. The van der Waals surface area contributed by atoms with Crippen LogP contribution >= 0.6 is 0 Å². The minimum atomic E-state index is -0.450. The molecule has 6 nitrogen and oxygen atoms in total. The molecule has 0 radical (unpaired) electrons. The molecule has 2 heterocycles. The Balaban J connectivity index is 1.59. The quantitative estimate of drug-likeness (QED) is 0.732. The Labute approximate surface area is 156 Å². The Kier molecular flexibility index (Phi) is 4.54. The molecule has 4 rings (SSSR count). The number of aryl methyl sites for hydroxylation is 1. The summed E-state index contributed by atoms with van der Waals surface area (Å²) in [5, 5.41) is 2.99. The fourth-order valence-corrected chi connectivity index (χ4v) is 3.18. The summed E-state index contributed by atoms with van der Waals surface area (Å²) in [4.78, 5) is 36.6. The number of amides is 1. The number of nitrogens with zero attached hydrogens (tertiary/aromatic N) is 2. The predicted molar refractivity (Wildman–Crippen MR) is 102 cm³/mol. The van der Waals surface area contributed by atoms with Crippen molar-refractivity contribution in [2.24, 2.45) is 5.92 Å². The van der Waals surface area contributed by atoms with Gasteiger partial charge in [-0.3, -0.25) is 14.6 Å². The van der Waals surface area contributed by atoms with Gasteiger partial charge in [0.25, 0.3) is 11.5 Å². The van der Waals surface area contributed by atoms with Crippen molar-refractivity contribution in [3.8, 4) is 11.4 Å². The average molecular weight is 360 g/mol. The zero-order valence-electron chi connectivity index (χ0n) is 15.0. The molecular formula is C21H20N4O2. The molecule has 1 fully saturated rings. The summed E-state index contributed by atoms with van der Waals surface area (Å²) in [5.74, 6) is 0.375. The highest BCUT2D eigenvalue weighted by Gasteiger charge is 2.35. The number of nitrogens with one attached hydrogen (secondary N) is 2. The van der Waals surface area contributed by atoms with Crippen LogP contribution in [0, 0.1) is 12.8 Å². The molecule has 1 saturated carbocycles. The third kappa shape index (κ3) is 3.65. The standard InChI is InChI=1S/C21H20N4O2/c1-13-6-5-11-22-17(13)18(14-9-10-14)24-20(26)16-12-23-19(25-21(16)27)15-7-3-2-4-8-15/h2-8,11-12,14,18H,9-10H2,1H3,(H,24,26)(H,23,25,27)/t18-/m0/s1. The third-order valence-electron chi connectivity index (χ3n) is 4.82. The van der Waals surface area contributed by atoms with E-state index in [0.29, 0.717) is 11.7 Å². The first-order chi connectivity index (χ1) is 13.1. The van der Waals surface area contributed by atoms with E-state index in [2.05, 4.69) is 20.3 Å². The van der Waals surface area contributed by atoms with E-state index in [-0.39, 0.29) is 11.6 Å². The van der Waals surface area contributed by atoms with Crippen LogP contribution in [0.4, 0.5) is 0 Å². The maximum atomic E-state index is 12.7. The summed E-state index contributed by atoms with van der Waals surface area (Å²) in [6, 6.07) is 13.0. The Morgan fingerprint density at radius 2 is 1.93 bits per heavy atom. The van der Waals surface area contributed by atoms with Gasteiger partial charge >= 0.3 is 0 Å². The second kappa shape index (κ2) is 7.15. The molecule has 0 bridgehead atoms. The van der Waals surface area contributed by atoms with E-state index in [1.165, 1.54) is 6.20 Å². The SMILES string of the molecule is Cc1cccnc1[C@@H](NC(=O)c1cnc(-c2ccccc2)[nH]c1=O)C1CC1. The average Bonchev–Trinajstić information content (AvgIpc) is 3.52. The molecule has 1 aromatic carbocycles. The molecule has 1 atom stereocenters. The number of aromatic amines is 1. The lowest BCUT2D eigenvalue weighted by Gasteiger charge is -2.19.